The average Bonchev–Trinajstić information content (AvgIpc) is 2.31. The zero-order valence-corrected chi connectivity index (χ0v) is 10.7. The third kappa shape index (κ3) is 3.74. The number of hydrogen-bond donors (Lipinski definition) is 2. The number of aliphatic carboxylic acids is 1. The van der Waals surface area contributed by atoms with Crippen LogP contribution in [0.4, 0.5) is 0 Å². The lowest BCUT2D eigenvalue weighted by Crippen LogP contribution is -2.37. The molecule has 1 rings (SSSR count). The lowest BCUT2D eigenvalue weighted by atomic mass is 10.1. The van der Waals surface area contributed by atoms with E-state index in [2.05, 4.69) is 21.2 Å². The van der Waals surface area contributed by atoms with E-state index in [0.29, 0.717) is 12.2 Å². The summed E-state index contributed by atoms with van der Waals surface area (Å²) in [5.41, 5.74) is 0.756. The summed E-state index contributed by atoms with van der Waals surface area (Å²) >= 11 is 3.32. The fourth-order valence-corrected chi connectivity index (χ4v) is 1.76. The van der Waals surface area contributed by atoms with Crippen LogP contribution in [-0.2, 0) is 16.0 Å². The van der Waals surface area contributed by atoms with E-state index in [1.54, 1.807) is 18.2 Å². The first-order chi connectivity index (χ1) is 8.08. The van der Waals surface area contributed by atoms with E-state index >= 15 is 0 Å². The lowest BCUT2D eigenvalue weighted by molar-refractivity contribution is -0.140. The molecule has 0 saturated carbocycles. The van der Waals surface area contributed by atoms with Crippen LogP contribution in [0.3, 0.4) is 0 Å². The molecule has 1 amide bonds. The first kappa shape index (κ1) is 13.5. The molecule has 1 unspecified atom stereocenters. The number of benzene rings is 1. The Morgan fingerprint density at radius 2 is 2.35 bits per heavy atom. The van der Waals surface area contributed by atoms with E-state index in [1.165, 1.54) is 7.11 Å². The second-order valence-electron chi connectivity index (χ2n) is 3.34. The quantitative estimate of drug-likeness (QED) is 0.774. The maximum absolute atomic E-state index is 10.9. The number of amides is 1. The molecule has 0 fully saturated rings. The van der Waals surface area contributed by atoms with Crippen molar-refractivity contribution in [2.75, 3.05) is 7.11 Å². The molecule has 5 nitrogen and oxygen atoms in total. The molecule has 17 heavy (non-hydrogen) atoms. The average molecular weight is 302 g/mol. The van der Waals surface area contributed by atoms with E-state index in [-0.39, 0.29) is 6.42 Å². The van der Waals surface area contributed by atoms with Crippen molar-refractivity contribution >= 4 is 28.3 Å². The standard InChI is InChI=1S/C11H12BrNO4/c1-17-8-2-3-9(12)7(4-8)5-10(11(15)16)13-6-14/h2-4,6,10H,5H2,1H3,(H,13,14)(H,15,16). The van der Waals surface area contributed by atoms with Gasteiger partial charge in [0.1, 0.15) is 11.8 Å². The summed E-state index contributed by atoms with van der Waals surface area (Å²) in [6.07, 6.45) is 0.568. The largest absolute Gasteiger partial charge is 0.497 e. The molecule has 0 aliphatic carbocycles. The molecule has 6 heteroatoms. The van der Waals surface area contributed by atoms with Gasteiger partial charge in [-0.25, -0.2) is 4.79 Å². The number of nitrogens with one attached hydrogen (secondary N) is 1. The maximum atomic E-state index is 10.9. The molecule has 0 aromatic heterocycles. The Balaban J connectivity index is 2.91. The first-order valence-corrected chi connectivity index (χ1v) is 5.62. The number of methoxy groups -OCH3 is 1. The maximum Gasteiger partial charge on any atom is 0.326 e. The fourth-order valence-electron chi connectivity index (χ4n) is 1.35. The van der Waals surface area contributed by atoms with Crippen molar-refractivity contribution in [2.24, 2.45) is 0 Å². The van der Waals surface area contributed by atoms with Gasteiger partial charge in [0.15, 0.2) is 0 Å². The van der Waals surface area contributed by atoms with Crippen LogP contribution in [-0.4, -0.2) is 30.6 Å². The highest BCUT2D eigenvalue weighted by Gasteiger charge is 2.18. The lowest BCUT2D eigenvalue weighted by Gasteiger charge is -2.13. The van der Waals surface area contributed by atoms with Crippen LogP contribution >= 0.6 is 15.9 Å². The van der Waals surface area contributed by atoms with E-state index < -0.39 is 12.0 Å². The molecule has 0 saturated heterocycles. The Labute approximate surface area is 107 Å². The Kier molecular flexibility index (Phi) is 4.96. The molecule has 1 atom stereocenters. The molecule has 0 bridgehead atoms. The number of carbonyl (C=O) groups excluding carboxylic acids is 1. The van der Waals surface area contributed by atoms with E-state index in [0.717, 1.165) is 10.0 Å². The first-order valence-electron chi connectivity index (χ1n) is 4.83. The van der Waals surface area contributed by atoms with Crippen molar-refractivity contribution in [3.8, 4) is 5.75 Å². The molecule has 0 heterocycles. The van der Waals surface area contributed by atoms with Gasteiger partial charge in [-0.05, 0) is 23.8 Å². The molecule has 2 N–H and O–H groups in total. The number of halogens is 1. The predicted molar refractivity (Wildman–Crippen MR) is 65.0 cm³/mol. The van der Waals surface area contributed by atoms with Crippen molar-refractivity contribution in [2.45, 2.75) is 12.5 Å². The number of carbonyl (C=O) groups is 2. The molecule has 92 valence electrons. The summed E-state index contributed by atoms with van der Waals surface area (Å²) in [4.78, 5) is 21.2. The van der Waals surface area contributed by atoms with E-state index in [9.17, 15) is 9.59 Å². The van der Waals surface area contributed by atoms with Crippen LogP contribution in [0, 0.1) is 0 Å². The van der Waals surface area contributed by atoms with Gasteiger partial charge in [0, 0.05) is 10.9 Å². The SMILES string of the molecule is COc1ccc(Br)c(CC(NC=O)C(=O)O)c1. The van der Waals surface area contributed by atoms with Crippen LogP contribution in [0.5, 0.6) is 5.75 Å². The van der Waals surface area contributed by atoms with Crippen LogP contribution in [0.1, 0.15) is 5.56 Å². The van der Waals surface area contributed by atoms with Crippen LogP contribution in [0.15, 0.2) is 22.7 Å². The highest BCUT2D eigenvalue weighted by atomic mass is 79.9. The molecule has 0 radical (unpaired) electrons. The van der Waals surface area contributed by atoms with Crippen molar-refractivity contribution in [1.29, 1.82) is 0 Å². The molecule has 1 aromatic rings. The van der Waals surface area contributed by atoms with Gasteiger partial charge < -0.3 is 15.2 Å². The van der Waals surface area contributed by atoms with Gasteiger partial charge in [0.25, 0.3) is 0 Å². The van der Waals surface area contributed by atoms with Crippen molar-refractivity contribution in [3.63, 3.8) is 0 Å². The summed E-state index contributed by atoms with van der Waals surface area (Å²) in [7, 11) is 1.53. The summed E-state index contributed by atoms with van der Waals surface area (Å²) in [5, 5.41) is 11.2. The Bertz CT molecular complexity index is 422. The highest BCUT2D eigenvalue weighted by molar-refractivity contribution is 9.10. The van der Waals surface area contributed by atoms with Gasteiger partial charge in [-0.15, -0.1) is 0 Å². The van der Waals surface area contributed by atoms with Crippen molar-refractivity contribution in [3.05, 3.63) is 28.2 Å². The molecular formula is C11H12BrNO4. The summed E-state index contributed by atoms with van der Waals surface area (Å²) < 4.78 is 5.83. The van der Waals surface area contributed by atoms with Gasteiger partial charge in [-0.1, -0.05) is 15.9 Å². The topological polar surface area (TPSA) is 75.6 Å². The van der Waals surface area contributed by atoms with Crippen LogP contribution < -0.4 is 10.1 Å². The number of hydrogen-bond acceptors (Lipinski definition) is 3. The van der Waals surface area contributed by atoms with Gasteiger partial charge in [0.05, 0.1) is 7.11 Å². The van der Waals surface area contributed by atoms with E-state index in [4.69, 9.17) is 9.84 Å². The number of rotatable bonds is 6. The molecule has 0 spiro atoms. The number of ether oxygens (including phenoxy) is 1. The fraction of sp³-hybridized carbons (Fsp3) is 0.273. The van der Waals surface area contributed by atoms with Gasteiger partial charge in [-0.3, -0.25) is 4.79 Å². The van der Waals surface area contributed by atoms with E-state index in [1.807, 2.05) is 0 Å². The summed E-state index contributed by atoms with van der Waals surface area (Å²) in [6, 6.07) is 4.31. The molecular weight excluding hydrogens is 290 g/mol. The second-order valence-corrected chi connectivity index (χ2v) is 4.19. The third-order valence-corrected chi connectivity index (χ3v) is 3.02. The highest BCUT2D eigenvalue weighted by Crippen LogP contribution is 2.23. The third-order valence-electron chi connectivity index (χ3n) is 2.24. The predicted octanol–water partition coefficient (Wildman–Crippen LogP) is 1.20. The molecule has 1 aromatic carbocycles. The minimum Gasteiger partial charge on any atom is -0.497 e. The Morgan fingerprint density at radius 1 is 1.65 bits per heavy atom. The number of carboxylic acid groups (broad SMARTS) is 1. The number of carboxylic acids is 1. The smallest absolute Gasteiger partial charge is 0.326 e. The monoisotopic (exact) mass is 301 g/mol. The van der Waals surface area contributed by atoms with Crippen molar-refractivity contribution < 1.29 is 19.4 Å². The minimum atomic E-state index is -1.08. The zero-order valence-electron chi connectivity index (χ0n) is 9.14. The Morgan fingerprint density at radius 3 is 2.88 bits per heavy atom. The zero-order chi connectivity index (χ0) is 12.8. The van der Waals surface area contributed by atoms with Gasteiger partial charge >= 0.3 is 5.97 Å². The second kappa shape index (κ2) is 6.24. The minimum absolute atomic E-state index is 0.186. The van der Waals surface area contributed by atoms with Gasteiger partial charge in [0.2, 0.25) is 6.41 Å². The van der Waals surface area contributed by atoms with Gasteiger partial charge in [-0.2, -0.15) is 0 Å². The molecule has 0 aliphatic heterocycles. The molecule has 0 aliphatic rings. The summed E-state index contributed by atoms with van der Waals surface area (Å²) in [6.45, 7) is 0. The Hall–Kier alpha value is -1.56. The van der Waals surface area contributed by atoms with Crippen molar-refractivity contribution in [1.82, 2.24) is 5.32 Å². The summed E-state index contributed by atoms with van der Waals surface area (Å²) in [5.74, 6) is -0.440. The normalized spacial score (nSPS) is 11.6. The van der Waals surface area contributed by atoms with Crippen LogP contribution in [0.25, 0.3) is 0 Å². The van der Waals surface area contributed by atoms with Crippen LogP contribution in [0.2, 0.25) is 0 Å².